The van der Waals surface area contributed by atoms with Gasteiger partial charge in [-0.05, 0) is 51.7 Å². The quantitative estimate of drug-likeness (QED) is 0.887. The van der Waals surface area contributed by atoms with Gasteiger partial charge in [-0.15, -0.1) is 0 Å². The molecule has 2 atom stereocenters. The van der Waals surface area contributed by atoms with E-state index in [9.17, 15) is 0 Å². The Labute approximate surface area is 111 Å². The second-order valence-electron chi connectivity index (χ2n) is 5.89. The Hall–Kier alpha value is -1.02. The summed E-state index contributed by atoms with van der Waals surface area (Å²) in [5.41, 5.74) is 10.6. The van der Waals surface area contributed by atoms with Gasteiger partial charge < -0.3 is 10.6 Å². The molecule has 2 N–H and O–H groups in total. The summed E-state index contributed by atoms with van der Waals surface area (Å²) in [5.74, 6) is 0. The Morgan fingerprint density at radius 2 is 2.17 bits per heavy atom. The first-order valence-corrected chi connectivity index (χ1v) is 7.12. The molecule has 1 aliphatic rings. The highest BCUT2D eigenvalue weighted by Gasteiger charge is 2.36. The van der Waals surface area contributed by atoms with Crippen LogP contribution in [0.5, 0.6) is 0 Å². The Kier molecular flexibility index (Phi) is 3.67. The molecule has 0 radical (unpaired) electrons. The minimum absolute atomic E-state index is 0.0599. The Morgan fingerprint density at radius 1 is 1.44 bits per heavy atom. The van der Waals surface area contributed by atoms with Crippen LogP contribution in [-0.4, -0.2) is 18.1 Å². The molecule has 0 fully saturated rings. The van der Waals surface area contributed by atoms with Crippen LogP contribution in [0.2, 0.25) is 0 Å². The van der Waals surface area contributed by atoms with Gasteiger partial charge in [-0.25, -0.2) is 0 Å². The van der Waals surface area contributed by atoms with Gasteiger partial charge >= 0.3 is 0 Å². The molecule has 18 heavy (non-hydrogen) atoms. The molecule has 0 amide bonds. The molecule has 0 spiro atoms. The van der Waals surface area contributed by atoms with Crippen molar-refractivity contribution in [3.05, 3.63) is 29.3 Å². The Morgan fingerprint density at radius 3 is 2.78 bits per heavy atom. The number of hydrogen-bond donors (Lipinski definition) is 1. The van der Waals surface area contributed by atoms with Gasteiger partial charge in [-0.2, -0.15) is 0 Å². The van der Waals surface area contributed by atoms with Crippen LogP contribution in [-0.2, 0) is 6.42 Å². The summed E-state index contributed by atoms with van der Waals surface area (Å²) in [6, 6.07) is 7.00. The summed E-state index contributed by atoms with van der Waals surface area (Å²) in [6.07, 6.45) is 3.52. The lowest BCUT2D eigenvalue weighted by molar-refractivity contribution is 0.340. The third-order valence-corrected chi connectivity index (χ3v) is 4.67. The van der Waals surface area contributed by atoms with Crippen molar-refractivity contribution < 1.29 is 0 Å². The number of nitrogens with two attached hydrogens (primary N) is 1. The fraction of sp³-hybridized carbons (Fsp3) is 0.625. The Balaban J connectivity index is 2.43. The highest BCUT2D eigenvalue weighted by atomic mass is 15.2. The molecule has 2 nitrogen and oxygen atoms in total. The van der Waals surface area contributed by atoms with Crippen LogP contribution in [0.4, 0.5) is 5.69 Å². The zero-order valence-electron chi connectivity index (χ0n) is 12.2. The van der Waals surface area contributed by atoms with E-state index in [2.05, 4.69) is 50.8 Å². The molecule has 0 aromatic heterocycles. The lowest BCUT2D eigenvalue weighted by Gasteiger charge is -2.48. The smallest absolute Gasteiger partial charge is 0.0519 e. The van der Waals surface area contributed by atoms with E-state index in [1.807, 2.05) is 0 Å². The number of nitrogens with zero attached hydrogens (tertiary/aromatic N) is 1. The molecule has 1 heterocycles. The van der Waals surface area contributed by atoms with Crippen molar-refractivity contribution in [1.29, 1.82) is 0 Å². The molecular formula is C16H26N2. The van der Waals surface area contributed by atoms with Crippen molar-refractivity contribution in [2.24, 2.45) is 5.73 Å². The molecule has 100 valence electrons. The van der Waals surface area contributed by atoms with E-state index in [-0.39, 0.29) is 11.6 Å². The molecule has 0 saturated carbocycles. The fourth-order valence-electron chi connectivity index (χ4n) is 3.02. The van der Waals surface area contributed by atoms with Crippen LogP contribution in [0.1, 0.15) is 44.7 Å². The van der Waals surface area contributed by atoms with Gasteiger partial charge in [0.25, 0.3) is 0 Å². The van der Waals surface area contributed by atoms with Crippen molar-refractivity contribution in [3.8, 4) is 0 Å². The third-order valence-electron chi connectivity index (χ3n) is 4.67. The molecule has 0 bridgehead atoms. The summed E-state index contributed by atoms with van der Waals surface area (Å²) in [7, 11) is 0. The van der Waals surface area contributed by atoms with Crippen molar-refractivity contribution >= 4 is 5.69 Å². The van der Waals surface area contributed by atoms with Crippen LogP contribution in [0.3, 0.4) is 0 Å². The second-order valence-corrected chi connectivity index (χ2v) is 5.89. The van der Waals surface area contributed by atoms with Gasteiger partial charge in [-0.1, -0.05) is 24.6 Å². The Bertz CT molecular complexity index is 425. The van der Waals surface area contributed by atoms with E-state index in [0.717, 1.165) is 13.0 Å². The standard InChI is InChI=1S/C16H26N2/c1-5-16(4,13(3)17)18-10-6-7-14-11-12(2)8-9-15(14)18/h8-9,11,13H,5-7,10,17H2,1-4H3. The molecular weight excluding hydrogens is 220 g/mol. The van der Waals surface area contributed by atoms with Crippen LogP contribution in [0, 0.1) is 6.92 Å². The van der Waals surface area contributed by atoms with Crippen LogP contribution in [0.15, 0.2) is 18.2 Å². The highest BCUT2D eigenvalue weighted by molar-refractivity contribution is 5.59. The van der Waals surface area contributed by atoms with E-state index < -0.39 is 0 Å². The van der Waals surface area contributed by atoms with Crippen molar-refractivity contribution in [2.75, 3.05) is 11.4 Å². The average Bonchev–Trinajstić information content (AvgIpc) is 2.36. The van der Waals surface area contributed by atoms with Gasteiger partial charge in [-0.3, -0.25) is 0 Å². The largest absolute Gasteiger partial charge is 0.364 e. The first-order chi connectivity index (χ1) is 8.49. The van der Waals surface area contributed by atoms with Crippen molar-refractivity contribution in [1.82, 2.24) is 0 Å². The molecule has 1 aromatic carbocycles. The van der Waals surface area contributed by atoms with Crippen molar-refractivity contribution in [2.45, 2.75) is 58.5 Å². The van der Waals surface area contributed by atoms with Crippen molar-refractivity contribution in [3.63, 3.8) is 0 Å². The summed E-state index contributed by atoms with van der Waals surface area (Å²) in [6.45, 7) is 9.97. The minimum Gasteiger partial charge on any atom is -0.364 e. The topological polar surface area (TPSA) is 29.3 Å². The first-order valence-electron chi connectivity index (χ1n) is 7.12. The van der Waals surface area contributed by atoms with Gasteiger partial charge in [0.1, 0.15) is 0 Å². The molecule has 1 aliphatic heterocycles. The van der Waals surface area contributed by atoms with Crippen LogP contribution in [0.25, 0.3) is 0 Å². The molecule has 0 saturated heterocycles. The maximum absolute atomic E-state index is 6.26. The zero-order chi connectivity index (χ0) is 13.3. The summed E-state index contributed by atoms with van der Waals surface area (Å²) in [4.78, 5) is 2.54. The number of benzene rings is 1. The van der Waals surface area contributed by atoms with Crippen LogP contribution >= 0.6 is 0 Å². The average molecular weight is 246 g/mol. The number of fused-ring (bicyclic) bond motifs is 1. The monoisotopic (exact) mass is 246 g/mol. The van der Waals surface area contributed by atoms with Gasteiger partial charge in [0.15, 0.2) is 0 Å². The van der Waals surface area contributed by atoms with Gasteiger partial charge in [0.05, 0.1) is 5.54 Å². The van der Waals surface area contributed by atoms with E-state index in [1.54, 1.807) is 0 Å². The van der Waals surface area contributed by atoms with E-state index in [1.165, 1.54) is 29.7 Å². The van der Waals surface area contributed by atoms with E-state index in [4.69, 9.17) is 5.73 Å². The maximum Gasteiger partial charge on any atom is 0.0519 e. The SMILES string of the molecule is CCC(C)(C(C)N)N1CCCc2cc(C)ccc21. The van der Waals surface area contributed by atoms with Crippen LogP contribution < -0.4 is 10.6 Å². The summed E-state index contributed by atoms with van der Waals surface area (Å²) in [5, 5.41) is 0. The first kappa shape index (κ1) is 13.4. The van der Waals surface area contributed by atoms with E-state index >= 15 is 0 Å². The van der Waals surface area contributed by atoms with Gasteiger partial charge in [0.2, 0.25) is 0 Å². The third kappa shape index (κ3) is 2.14. The number of aryl methyl sites for hydroxylation is 2. The summed E-state index contributed by atoms with van der Waals surface area (Å²) >= 11 is 0. The minimum atomic E-state index is 0.0599. The fourth-order valence-corrected chi connectivity index (χ4v) is 3.02. The normalized spacial score (nSPS) is 20.2. The second kappa shape index (κ2) is 4.93. The predicted octanol–water partition coefficient (Wildman–Crippen LogP) is 3.26. The van der Waals surface area contributed by atoms with Gasteiger partial charge in [0, 0.05) is 18.3 Å². The maximum atomic E-state index is 6.26. The molecule has 2 heteroatoms. The highest BCUT2D eigenvalue weighted by Crippen LogP contribution is 2.35. The lowest BCUT2D eigenvalue weighted by Crippen LogP contribution is -2.58. The molecule has 2 rings (SSSR count). The number of hydrogen-bond acceptors (Lipinski definition) is 2. The lowest BCUT2D eigenvalue weighted by atomic mass is 9.85. The number of rotatable bonds is 3. The zero-order valence-corrected chi connectivity index (χ0v) is 12.2. The molecule has 0 aliphatic carbocycles. The predicted molar refractivity (Wildman–Crippen MR) is 79.2 cm³/mol. The molecule has 2 unspecified atom stereocenters. The summed E-state index contributed by atoms with van der Waals surface area (Å²) < 4.78 is 0. The molecule has 1 aromatic rings. The number of anilines is 1. The van der Waals surface area contributed by atoms with E-state index in [0.29, 0.717) is 0 Å².